The van der Waals surface area contributed by atoms with E-state index in [2.05, 4.69) is 4.72 Å². The van der Waals surface area contributed by atoms with Gasteiger partial charge in [-0.3, -0.25) is 0 Å². The van der Waals surface area contributed by atoms with Crippen LogP contribution in [0.2, 0.25) is 0 Å². The van der Waals surface area contributed by atoms with Crippen molar-refractivity contribution in [1.82, 2.24) is 4.72 Å². The first-order valence-electron chi connectivity index (χ1n) is 6.97. The monoisotopic (exact) mass is 299 g/mol. The molecule has 0 saturated carbocycles. The van der Waals surface area contributed by atoms with Gasteiger partial charge in [-0.25, -0.2) is 13.1 Å². The van der Waals surface area contributed by atoms with Gasteiger partial charge in [0.05, 0.1) is 5.75 Å². The normalized spacial score (nSPS) is 12.4. The van der Waals surface area contributed by atoms with Crippen LogP contribution in [0.5, 0.6) is 5.75 Å². The summed E-state index contributed by atoms with van der Waals surface area (Å²) in [5.41, 5.74) is 0.877. The lowest BCUT2D eigenvalue weighted by atomic mass is 10.1. The topological polar surface area (TPSA) is 55.4 Å². The van der Waals surface area contributed by atoms with Crippen molar-refractivity contribution in [2.24, 2.45) is 0 Å². The number of hydrogen-bond donors (Lipinski definition) is 1. The second-order valence-electron chi connectivity index (χ2n) is 5.82. The summed E-state index contributed by atoms with van der Waals surface area (Å²) < 4.78 is 31.3. The molecule has 0 spiro atoms. The summed E-state index contributed by atoms with van der Waals surface area (Å²) in [5, 5.41) is 0. The van der Waals surface area contributed by atoms with Crippen LogP contribution in [0.25, 0.3) is 0 Å². The fraction of sp³-hybridized carbons (Fsp3) is 0.600. The highest BCUT2D eigenvalue weighted by molar-refractivity contribution is 7.89. The van der Waals surface area contributed by atoms with Crippen LogP contribution in [0.15, 0.2) is 24.3 Å². The van der Waals surface area contributed by atoms with Gasteiger partial charge < -0.3 is 4.74 Å². The zero-order valence-corrected chi connectivity index (χ0v) is 13.6. The van der Waals surface area contributed by atoms with Crippen molar-refractivity contribution in [3.63, 3.8) is 0 Å². The lowest BCUT2D eigenvalue weighted by molar-refractivity contribution is 0.131. The van der Waals surface area contributed by atoms with Crippen LogP contribution in [-0.4, -0.2) is 26.3 Å². The lowest BCUT2D eigenvalue weighted by Gasteiger charge is -2.21. The quantitative estimate of drug-likeness (QED) is 0.842. The van der Waals surface area contributed by atoms with E-state index in [0.29, 0.717) is 19.4 Å². The van der Waals surface area contributed by atoms with E-state index in [4.69, 9.17) is 4.74 Å². The summed E-state index contributed by atoms with van der Waals surface area (Å²) in [6.07, 6.45) is 1.31. The van der Waals surface area contributed by atoms with Gasteiger partial charge in [-0.15, -0.1) is 0 Å². The van der Waals surface area contributed by atoms with Crippen molar-refractivity contribution < 1.29 is 13.2 Å². The van der Waals surface area contributed by atoms with Gasteiger partial charge in [-0.1, -0.05) is 19.1 Å². The van der Waals surface area contributed by atoms with Crippen molar-refractivity contribution in [3.05, 3.63) is 29.8 Å². The number of hydrogen-bond acceptors (Lipinski definition) is 3. The average molecular weight is 299 g/mol. The maximum Gasteiger partial charge on any atom is 0.211 e. The zero-order valence-electron chi connectivity index (χ0n) is 12.8. The van der Waals surface area contributed by atoms with E-state index in [1.807, 2.05) is 52.0 Å². The molecule has 0 heterocycles. The van der Waals surface area contributed by atoms with E-state index >= 15 is 0 Å². The fourth-order valence-corrected chi connectivity index (χ4v) is 2.86. The molecule has 0 aromatic heterocycles. The predicted octanol–water partition coefficient (Wildman–Crippen LogP) is 2.74. The van der Waals surface area contributed by atoms with Crippen LogP contribution in [0.3, 0.4) is 0 Å². The van der Waals surface area contributed by atoms with Gasteiger partial charge in [-0.2, -0.15) is 0 Å². The maximum absolute atomic E-state index is 11.5. The molecule has 5 heteroatoms. The van der Waals surface area contributed by atoms with Crippen LogP contribution in [0, 0.1) is 0 Å². The van der Waals surface area contributed by atoms with E-state index < -0.39 is 10.0 Å². The predicted molar refractivity (Wildman–Crippen MR) is 82.6 cm³/mol. The molecule has 0 fully saturated rings. The molecular formula is C15H25NO3S. The van der Waals surface area contributed by atoms with E-state index in [0.717, 1.165) is 11.3 Å². The van der Waals surface area contributed by atoms with Gasteiger partial charge in [0.2, 0.25) is 10.0 Å². The van der Waals surface area contributed by atoms with Gasteiger partial charge in [0.15, 0.2) is 0 Å². The number of ether oxygens (including phenoxy) is 1. The third-order valence-corrected chi connectivity index (χ3v) is 4.15. The first kappa shape index (κ1) is 17.0. The highest BCUT2D eigenvalue weighted by Gasteiger charge is 2.11. The molecule has 0 aliphatic carbocycles. The summed E-state index contributed by atoms with van der Waals surface area (Å²) in [6.45, 7) is 8.30. The molecule has 20 heavy (non-hydrogen) atoms. The third kappa shape index (κ3) is 6.91. The Hall–Kier alpha value is -1.07. The van der Waals surface area contributed by atoms with E-state index in [1.165, 1.54) is 0 Å². The Labute approximate surface area is 122 Å². The van der Waals surface area contributed by atoms with Gasteiger partial charge >= 0.3 is 0 Å². The second-order valence-corrected chi connectivity index (χ2v) is 7.75. The summed E-state index contributed by atoms with van der Waals surface area (Å²) in [6, 6.07) is 7.77. The van der Waals surface area contributed by atoms with Crippen LogP contribution >= 0.6 is 0 Å². The van der Waals surface area contributed by atoms with Crippen LogP contribution < -0.4 is 9.46 Å². The van der Waals surface area contributed by atoms with Crippen LogP contribution in [0.1, 0.15) is 39.7 Å². The van der Waals surface area contributed by atoms with Crippen LogP contribution in [-0.2, 0) is 16.4 Å². The summed E-state index contributed by atoms with van der Waals surface area (Å²) in [7, 11) is -3.11. The van der Waals surface area contributed by atoms with Crippen molar-refractivity contribution in [2.75, 3.05) is 12.3 Å². The first-order valence-corrected chi connectivity index (χ1v) is 8.62. The molecule has 0 radical (unpaired) electrons. The van der Waals surface area contributed by atoms with E-state index in [-0.39, 0.29) is 11.4 Å². The van der Waals surface area contributed by atoms with Crippen molar-refractivity contribution in [2.45, 2.75) is 46.1 Å². The molecule has 1 aromatic carbocycles. The molecule has 0 saturated heterocycles. The molecule has 1 aromatic rings. The molecule has 0 bridgehead atoms. The third-order valence-electron chi connectivity index (χ3n) is 2.56. The van der Waals surface area contributed by atoms with Crippen molar-refractivity contribution in [3.8, 4) is 5.75 Å². The second kappa shape index (κ2) is 7.09. The smallest absolute Gasteiger partial charge is 0.211 e. The summed E-state index contributed by atoms with van der Waals surface area (Å²) in [5.74, 6) is 1.01. The molecule has 0 amide bonds. The fourth-order valence-electron chi connectivity index (χ4n) is 1.77. The van der Waals surface area contributed by atoms with Gasteiger partial charge in [0.1, 0.15) is 11.4 Å². The van der Waals surface area contributed by atoms with Gasteiger partial charge in [0.25, 0.3) is 0 Å². The molecule has 0 aliphatic rings. The van der Waals surface area contributed by atoms with Gasteiger partial charge in [0, 0.05) is 6.54 Å². The molecule has 0 unspecified atom stereocenters. The zero-order chi connectivity index (χ0) is 15.2. The number of benzene rings is 1. The Morgan fingerprint density at radius 3 is 2.25 bits per heavy atom. The Morgan fingerprint density at radius 1 is 1.15 bits per heavy atom. The minimum Gasteiger partial charge on any atom is -0.488 e. The minimum atomic E-state index is -3.11. The summed E-state index contributed by atoms with van der Waals surface area (Å²) >= 11 is 0. The molecule has 1 N–H and O–H groups in total. The Morgan fingerprint density at radius 2 is 1.75 bits per heavy atom. The summed E-state index contributed by atoms with van der Waals surface area (Å²) in [4.78, 5) is 0. The number of rotatable bonds is 7. The molecule has 4 nitrogen and oxygen atoms in total. The van der Waals surface area contributed by atoms with Crippen molar-refractivity contribution in [1.29, 1.82) is 0 Å². The van der Waals surface area contributed by atoms with Crippen LogP contribution in [0.4, 0.5) is 0 Å². The number of nitrogens with one attached hydrogen (secondary N) is 1. The minimum absolute atomic E-state index is 0.186. The van der Waals surface area contributed by atoms with E-state index in [1.54, 1.807) is 0 Å². The first-order chi connectivity index (χ1) is 9.22. The van der Waals surface area contributed by atoms with E-state index in [9.17, 15) is 8.42 Å². The molecule has 1 rings (SSSR count). The standard InChI is InChI=1S/C15H25NO3S/c1-5-12-20(17,18)16-11-10-13-6-8-14(9-7-13)19-15(2,3)4/h6-9,16H,5,10-12H2,1-4H3. The highest BCUT2D eigenvalue weighted by Crippen LogP contribution is 2.18. The van der Waals surface area contributed by atoms with Gasteiger partial charge in [-0.05, 0) is 51.3 Å². The number of sulfonamides is 1. The molecule has 114 valence electrons. The Kier molecular flexibility index (Phi) is 6.02. The Bertz CT molecular complexity index is 501. The Balaban J connectivity index is 2.46. The highest BCUT2D eigenvalue weighted by atomic mass is 32.2. The molecule has 0 atom stereocenters. The lowest BCUT2D eigenvalue weighted by Crippen LogP contribution is -2.28. The largest absolute Gasteiger partial charge is 0.488 e. The molecular weight excluding hydrogens is 274 g/mol. The SMILES string of the molecule is CCCS(=O)(=O)NCCc1ccc(OC(C)(C)C)cc1. The maximum atomic E-state index is 11.5. The van der Waals surface area contributed by atoms with Crippen molar-refractivity contribution >= 4 is 10.0 Å². The molecule has 0 aliphatic heterocycles. The average Bonchev–Trinajstić information content (AvgIpc) is 2.29.